The molecule has 1 N–H and O–H groups in total. The van der Waals surface area contributed by atoms with Crippen LogP contribution in [0.4, 0.5) is 0 Å². The second kappa shape index (κ2) is 6.79. The maximum absolute atomic E-state index is 12.3. The fraction of sp³-hybridized carbons (Fsp3) is 0.158. The van der Waals surface area contributed by atoms with Gasteiger partial charge >= 0.3 is 0 Å². The van der Waals surface area contributed by atoms with Gasteiger partial charge in [-0.2, -0.15) is 4.98 Å². The number of hydrogen-bond donors (Lipinski definition) is 1. The predicted octanol–water partition coefficient (Wildman–Crippen LogP) is 2.55. The van der Waals surface area contributed by atoms with Crippen molar-refractivity contribution in [3.63, 3.8) is 0 Å². The minimum Gasteiger partial charge on any atom is -0.347 e. The Labute approximate surface area is 149 Å². The molecule has 0 unspecified atom stereocenters. The van der Waals surface area contributed by atoms with Crippen molar-refractivity contribution >= 4 is 11.6 Å². The lowest BCUT2D eigenvalue weighted by Crippen LogP contribution is -2.25. The van der Waals surface area contributed by atoms with Crippen molar-refractivity contribution in [1.29, 1.82) is 0 Å². The van der Waals surface area contributed by atoms with Crippen molar-refractivity contribution < 1.29 is 9.32 Å². The summed E-state index contributed by atoms with van der Waals surface area (Å²) in [5.74, 6) is 0.748. The molecule has 4 aromatic rings. The van der Waals surface area contributed by atoms with E-state index in [4.69, 9.17) is 4.52 Å². The van der Waals surface area contributed by atoms with Crippen LogP contribution in [0.5, 0.6) is 0 Å². The molecule has 0 radical (unpaired) electrons. The van der Waals surface area contributed by atoms with Gasteiger partial charge in [0.05, 0.1) is 24.4 Å². The third kappa shape index (κ3) is 3.19. The number of fused-ring (bicyclic) bond motifs is 1. The molecule has 0 spiro atoms. The van der Waals surface area contributed by atoms with E-state index in [1.807, 2.05) is 66.1 Å². The molecule has 130 valence electrons. The van der Waals surface area contributed by atoms with Gasteiger partial charge < -0.3 is 14.2 Å². The van der Waals surface area contributed by atoms with Gasteiger partial charge in [0.15, 0.2) is 0 Å². The van der Waals surface area contributed by atoms with Crippen molar-refractivity contribution in [2.24, 2.45) is 0 Å². The first-order valence-electron chi connectivity index (χ1n) is 8.28. The number of aromatic nitrogens is 4. The number of rotatable bonds is 5. The zero-order valence-corrected chi connectivity index (χ0v) is 14.2. The van der Waals surface area contributed by atoms with Crippen molar-refractivity contribution in [1.82, 2.24) is 24.8 Å². The van der Waals surface area contributed by atoms with Gasteiger partial charge in [-0.15, -0.1) is 0 Å². The Balaban J connectivity index is 1.41. The zero-order chi connectivity index (χ0) is 17.9. The van der Waals surface area contributed by atoms with Crippen LogP contribution >= 0.6 is 0 Å². The second-order valence-electron chi connectivity index (χ2n) is 5.90. The molecule has 26 heavy (non-hydrogen) atoms. The zero-order valence-electron chi connectivity index (χ0n) is 14.2. The smallest absolute Gasteiger partial charge is 0.246 e. The average Bonchev–Trinajstić information content (AvgIpc) is 3.26. The number of aryl methyl sites for hydroxylation is 1. The molecule has 0 aliphatic heterocycles. The molecule has 0 saturated carbocycles. The van der Waals surface area contributed by atoms with Crippen LogP contribution in [-0.4, -0.2) is 25.4 Å². The first-order chi connectivity index (χ1) is 12.7. The molecular formula is C19H17N5O2. The van der Waals surface area contributed by atoms with Gasteiger partial charge in [0.2, 0.25) is 17.6 Å². The average molecular weight is 347 g/mol. The number of nitrogens with one attached hydrogen (secondary N) is 1. The van der Waals surface area contributed by atoms with Crippen LogP contribution < -0.4 is 5.32 Å². The number of amides is 1. The van der Waals surface area contributed by atoms with Crippen LogP contribution in [0.15, 0.2) is 59.3 Å². The van der Waals surface area contributed by atoms with E-state index in [1.165, 1.54) is 0 Å². The normalized spacial score (nSPS) is 11.0. The summed E-state index contributed by atoms with van der Waals surface area (Å²) in [6.07, 6.45) is 2.14. The van der Waals surface area contributed by atoms with Gasteiger partial charge in [-0.1, -0.05) is 41.6 Å². The van der Waals surface area contributed by atoms with Gasteiger partial charge in [0.1, 0.15) is 5.65 Å². The van der Waals surface area contributed by atoms with E-state index in [0.29, 0.717) is 11.7 Å². The maximum atomic E-state index is 12.3. The van der Waals surface area contributed by atoms with E-state index in [9.17, 15) is 4.79 Å². The largest absolute Gasteiger partial charge is 0.347 e. The molecule has 4 rings (SSSR count). The highest BCUT2D eigenvalue weighted by molar-refractivity contribution is 5.78. The highest BCUT2D eigenvalue weighted by atomic mass is 16.5. The van der Waals surface area contributed by atoms with E-state index in [1.54, 1.807) is 0 Å². The summed E-state index contributed by atoms with van der Waals surface area (Å²) in [6, 6.07) is 15.3. The summed E-state index contributed by atoms with van der Waals surface area (Å²) >= 11 is 0. The molecule has 7 heteroatoms. The van der Waals surface area contributed by atoms with Crippen LogP contribution in [0.1, 0.15) is 17.3 Å². The molecule has 1 amide bonds. The summed E-state index contributed by atoms with van der Waals surface area (Å²) in [4.78, 5) is 21.1. The van der Waals surface area contributed by atoms with Crippen LogP contribution in [0.2, 0.25) is 0 Å². The number of benzene rings is 1. The van der Waals surface area contributed by atoms with Crippen LogP contribution in [0, 0.1) is 6.92 Å². The van der Waals surface area contributed by atoms with Crippen LogP contribution in [-0.2, 0) is 17.8 Å². The molecule has 0 aliphatic carbocycles. The van der Waals surface area contributed by atoms with Crippen molar-refractivity contribution in [3.05, 3.63) is 72.0 Å². The lowest BCUT2D eigenvalue weighted by atomic mass is 10.2. The highest BCUT2D eigenvalue weighted by Crippen LogP contribution is 2.15. The lowest BCUT2D eigenvalue weighted by molar-refractivity contribution is -0.120. The summed E-state index contributed by atoms with van der Waals surface area (Å²) in [5, 5.41) is 6.76. The van der Waals surface area contributed by atoms with Gasteiger partial charge in [-0.05, 0) is 19.1 Å². The Kier molecular flexibility index (Phi) is 4.18. The molecular weight excluding hydrogens is 330 g/mol. The summed E-state index contributed by atoms with van der Waals surface area (Å²) in [7, 11) is 0. The number of pyridine rings is 1. The highest BCUT2D eigenvalue weighted by Gasteiger charge is 2.14. The minimum atomic E-state index is -0.127. The molecule has 0 aliphatic rings. The number of nitrogens with zero attached hydrogens (tertiary/aromatic N) is 4. The van der Waals surface area contributed by atoms with Crippen molar-refractivity contribution in [3.8, 4) is 11.4 Å². The number of hydrogen-bond acceptors (Lipinski definition) is 5. The molecule has 0 bridgehead atoms. The third-order valence-corrected chi connectivity index (χ3v) is 4.09. The second-order valence-corrected chi connectivity index (χ2v) is 5.90. The molecule has 3 heterocycles. The SMILES string of the molecule is Cc1nc2ccccn2c1CC(=O)NCc1nc(-c2ccccc2)no1. The van der Waals surface area contributed by atoms with Crippen LogP contribution in [0.3, 0.4) is 0 Å². The van der Waals surface area contributed by atoms with E-state index in [0.717, 1.165) is 22.6 Å². The van der Waals surface area contributed by atoms with Gasteiger partial charge in [-0.3, -0.25) is 4.79 Å². The van der Waals surface area contributed by atoms with Crippen molar-refractivity contribution in [2.75, 3.05) is 0 Å². The van der Waals surface area contributed by atoms with E-state index >= 15 is 0 Å². The van der Waals surface area contributed by atoms with Crippen LogP contribution in [0.25, 0.3) is 17.0 Å². The Hall–Kier alpha value is -3.48. The topological polar surface area (TPSA) is 85.3 Å². The maximum Gasteiger partial charge on any atom is 0.246 e. The minimum absolute atomic E-state index is 0.127. The summed E-state index contributed by atoms with van der Waals surface area (Å²) in [6.45, 7) is 2.09. The van der Waals surface area contributed by atoms with E-state index < -0.39 is 0 Å². The van der Waals surface area contributed by atoms with Gasteiger partial charge in [0.25, 0.3) is 0 Å². The Morgan fingerprint density at radius 2 is 1.92 bits per heavy atom. The first kappa shape index (κ1) is 16.0. The molecule has 0 fully saturated rings. The summed E-state index contributed by atoms with van der Waals surface area (Å²) in [5.41, 5.74) is 3.41. The van der Waals surface area contributed by atoms with E-state index in [2.05, 4.69) is 20.4 Å². The molecule has 0 saturated heterocycles. The lowest BCUT2D eigenvalue weighted by Gasteiger charge is -2.04. The molecule has 0 atom stereocenters. The predicted molar refractivity (Wildman–Crippen MR) is 95.2 cm³/mol. The fourth-order valence-electron chi connectivity index (χ4n) is 2.80. The van der Waals surface area contributed by atoms with Gasteiger partial charge in [0, 0.05) is 11.8 Å². The number of carbonyl (C=O) groups is 1. The fourth-order valence-corrected chi connectivity index (χ4v) is 2.80. The number of carbonyl (C=O) groups excluding carboxylic acids is 1. The molecule has 3 aromatic heterocycles. The summed E-state index contributed by atoms with van der Waals surface area (Å²) < 4.78 is 7.13. The quantitative estimate of drug-likeness (QED) is 0.600. The Morgan fingerprint density at radius 1 is 1.12 bits per heavy atom. The Morgan fingerprint density at radius 3 is 2.77 bits per heavy atom. The van der Waals surface area contributed by atoms with Gasteiger partial charge in [-0.25, -0.2) is 4.98 Å². The van der Waals surface area contributed by atoms with E-state index in [-0.39, 0.29) is 18.9 Å². The Bertz CT molecular complexity index is 1050. The molecule has 7 nitrogen and oxygen atoms in total. The first-order valence-corrected chi connectivity index (χ1v) is 8.28. The standard InChI is InChI=1S/C19H17N5O2/c1-13-15(24-10-6-5-9-16(24)21-13)11-17(25)20-12-18-22-19(23-26-18)14-7-3-2-4-8-14/h2-10H,11-12H2,1H3,(H,20,25). The third-order valence-electron chi connectivity index (χ3n) is 4.09. The number of imidazole rings is 1. The molecule has 1 aromatic carbocycles. The monoisotopic (exact) mass is 347 g/mol. The van der Waals surface area contributed by atoms with Crippen molar-refractivity contribution in [2.45, 2.75) is 19.9 Å².